The fourth-order valence-electron chi connectivity index (χ4n) is 3.95. The number of carbonyl (C=O) groups is 3. The summed E-state index contributed by atoms with van der Waals surface area (Å²) in [4.78, 5) is 44.6. The molecule has 0 unspecified atom stereocenters. The first kappa shape index (κ1) is 25.1. The molecular weight excluding hydrogens is 480 g/mol. The molecule has 3 aromatic rings. The SMILES string of the molecule is CCCOc1ccc(C(O)=C2C(=O)C(=O)N(c3nc(C)c(C(=O)OC)s3)[C@H]2c2ccc(C)cc2)cc1. The Morgan fingerprint density at radius 3 is 2.36 bits per heavy atom. The highest BCUT2D eigenvalue weighted by Crippen LogP contribution is 2.44. The van der Waals surface area contributed by atoms with Gasteiger partial charge in [-0.25, -0.2) is 9.78 Å². The average molecular weight is 507 g/mol. The number of esters is 1. The van der Waals surface area contributed by atoms with Gasteiger partial charge in [0.25, 0.3) is 5.78 Å². The lowest BCUT2D eigenvalue weighted by Crippen LogP contribution is -2.29. The van der Waals surface area contributed by atoms with E-state index in [1.165, 1.54) is 12.0 Å². The number of aliphatic hydroxyl groups is 1. The fraction of sp³-hybridized carbons (Fsp3) is 0.259. The van der Waals surface area contributed by atoms with Crippen LogP contribution in [0.5, 0.6) is 5.75 Å². The third-order valence-electron chi connectivity index (χ3n) is 5.80. The number of methoxy groups -OCH3 is 1. The van der Waals surface area contributed by atoms with E-state index in [-0.39, 0.29) is 21.3 Å². The largest absolute Gasteiger partial charge is 0.507 e. The number of thiazole rings is 1. The van der Waals surface area contributed by atoms with Gasteiger partial charge in [-0.2, -0.15) is 0 Å². The number of carbonyl (C=O) groups excluding carboxylic acids is 3. The topological polar surface area (TPSA) is 106 Å². The predicted molar refractivity (Wildman–Crippen MR) is 136 cm³/mol. The second kappa shape index (κ2) is 10.3. The number of ketones is 1. The quantitative estimate of drug-likeness (QED) is 0.209. The van der Waals surface area contributed by atoms with Crippen LogP contribution in [0.1, 0.15) is 51.4 Å². The summed E-state index contributed by atoms with van der Waals surface area (Å²) >= 11 is 0.962. The van der Waals surface area contributed by atoms with E-state index in [0.29, 0.717) is 29.2 Å². The molecule has 2 heterocycles. The Balaban J connectivity index is 1.85. The molecule has 1 atom stereocenters. The number of Topliss-reactive ketones (excluding diaryl/α,β-unsaturated/α-hetero) is 1. The van der Waals surface area contributed by atoms with Crippen molar-refractivity contribution in [1.82, 2.24) is 4.98 Å². The molecule has 0 saturated carbocycles. The highest BCUT2D eigenvalue weighted by atomic mass is 32.1. The molecule has 36 heavy (non-hydrogen) atoms. The van der Waals surface area contributed by atoms with E-state index in [1.807, 2.05) is 26.0 Å². The Hall–Kier alpha value is -3.98. The van der Waals surface area contributed by atoms with Crippen LogP contribution in [-0.2, 0) is 14.3 Å². The molecule has 0 aliphatic carbocycles. The van der Waals surface area contributed by atoms with Crippen LogP contribution in [-0.4, -0.2) is 41.5 Å². The third-order valence-corrected chi connectivity index (χ3v) is 6.94. The normalized spacial score (nSPS) is 16.9. The highest BCUT2D eigenvalue weighted by molar-refractivity contribution is 7.17. The number of aryl methyl sites for hydroxylation is 2. The zero-order chi connectivity index (χ0) is 26.0. The van der Waals surface area contributed by atoms with Crippen molar-refractivity contribution in [1.29, 1.82) is 0 Å². The minimum atomic E-state index is -0.933. The molecule has 186 valence electrons. The van der Waals surface area contributed by atoms with Crippen LogP contribution in [0.15, 0.2) is 54.1 Å². The summed E-state index contributed by atoms with van der Waals surface area (Å²) in [6, 6.07) is 13.1. The van der Waals surface area contributed by atoms with Crippen molar-refractivity contribution in [3.05, 3.63) is 81.4 Å². The van der Waals surface area contributed by atoms with Crippen molar-refractivity contribution in [2.45, 2.75) is 33.2 Å². The van der Waals surface area contributed by atoms with Crippen molar-refractivity contribution in [3.63, 3.8) is 0 Å². The van der Waals surface area contributed by atoms with Crippen LogP contribution in [0.3, 0.4) is 0 Å². The fourth-order valence-corrected chi connectivity index (χ4v) is 4.96. The van der Waals surface area contributed by atoms with E-state index >= 15 is 0 Å². The monoisotopic (exact) mass is 506 g/mol. The Kier molecular flexibility index (Phi) is 7.21. The summed E-state index contributed by atoms with van der Waals surface area (Å²) in [5, 5.41) is 11.4. The summed E-state index contributed by atoms with van der Waals surface area (Å²) < 4.78 is 10.4. The molecule has 8 nitrogen and oxygen atoms in total. The molecule has 0 radical (unpaired) electrons. The first-order chi connectivity index (χ1) is 17.3. The zero-order valence-electron chi connectivity index (χ0n) is 20.4. The molecule has 0 spiro atoms. The van der Waals surface area contributed by atoms with Crippen LogP contribution in [0.25, 0.3) is 5.76 Å². The molecular formula is C27H26N2O6S. The van der Waals surface area contributed by atoms with Gasteiger partial charge in [-0.3, -0.25) is 14.5 Å². The van der Waals surface area contributed by atoms with Crippen LogP contribution in [0.4, 0.5) is 5.13 Å². The maximum absolute atomic E-state index is 13.3. The average Bonchev–Trinajstić information content (AvgIpc) is 3.39. The van der Waals surface area contributed by atoms with Gasteiger partial charge in [0.1, 0.15) is 16.4 Å². The zero-order valence-corrected chi connectivity index (χ0v) is 21.2. The van der Waals surface area contributed by atoms with Crippen molar-refractivity contribution < 1.29 is 29.0 Å². The minimum Gasteiger partial charge on any atom is -0.507 e. The molecule has 1 aliphatic heterocycles. The van der Waals surface area contributed by atoms with Crippen molar-refractivity contribution in [3.8, 4) is 5.75 Å². The second-order valence-corrected chi connectivity index (χ2v) is 9.33. The number of ether oxygens (including phenoxy) is 2. The van der Waals surface area contributed by atoms with Crippen LogP contribution in [0, 0.1) is 13.8 Å². The smallest absolute Gasteiger partial charge is 0.350 e. The van der Waals surface area contributed by atoms with Crippen molar-refractivity contribution in [2.75, 3.05) is 18.6 Å². The molecule has 0 bridgehead atoms. The first-order valence-electron chi connectivity index (χ1n) is 11.4. The number of benzene rings is 2. The Bertz CT molecular complexity index is 1340. The number of hydrogen-bond acceptors (Lipinski definition) is 8. The number of rotatable bonds is 7. The predicted octanol–water partition coefficient (Wildman–Crippen LogP) is 4.96. The minimum absolute atomic E-state index is 0.0569. The molecule has 1 amide bonds. The van der Waals surface area contributed by atoms with Crippen LogP contribution in [0.2, 0.25) is 0 Å². The number of aliphatic hydroxyl groups excluding tert-OH is 1. The summed E-state index contributed by atoms with van der Waals surface area (Å²) in [5.74, 6) is -1.92. The van der Waals surface area contributed by atoms with Gasteiger partial charge in [-0.05, 0) is 50.1 Å². The van der Waals surface area contributed by atoms with Gasteiger partial charge in [0.05, 0.1) is 31.0 Å². The summed E-state index contributed by atoms with van der Waals surface area (Å²) in [6.45, 7) is 6.12. The van der Waals surface area contributed by atoms with Crippen LogP contribution >= 0.6 is 11.3 Å². The lowest BCUT2D eigenvalue weighted by molar-refractivity contribution is -0.132. The Labute approximate surface area is 212 Å². The maximum Gasteiger partial charge on any atom is 0.350 e. The third kappa shape index (κ3) is 4.61. The molecule has 1 saturated heterocycles. The number of hydrogen-bond donors (Lipinski definition) is 1. The molecule has 1 aliphatic rings. The van der Waals surface area contributed by atoms with Gasteiger partial charge in [-0.15, -0.1) is 0 Å². The number of amides is 1. The standard InChI is InChI=1S/C27H26N2O6S/c1-5-14-35-19-12-10-18(11-13-19)22(30)20-21(17-8-6-15(2)7-9-17)29(25(32)23(20)31)27-28-16(3)24(36-27)26(33)34-4/h6-13,21,30H,5,14H2,1-4H3/t21-/m0/s1. The van der Waals surface area contributed by atoms with Gasteiger partial charge < -0.3 is 14.6 Å². The van der Waals surface area contributed by atoms with E-state index in [9.17, 15) is 19.5 Å². The van der Waals surface area contributed by atoms with Gasteiger partial charge in [-0.1, -0.05) is 48.1 Å². The lowest BCUT2D eigenvalue weighted by Gasteiger charge is -2.23. The van der Waals surface area contributed by atoms with E-state index in [1.54, 1.807) is 43.3 Å². The number of anilines is 1. The molecule has 2 aromatic carbocycles. The van der Waals surface area contributed by atoms with Gasteiger partial charge in [0, 0.05) is 5.56 Å². The second-order valence-electron chi connectivity index (χ2n) is 8.36. The van der Waals surface area contributed by atoms with E-state index < -0.39 is 23.7 Å². The highest BCUT2D eigenvalue weighted by Gasteiger charge is 2.48. The summed E-state index contributed by atoms with van der Waals surface area (Å²) in [5.41, 5.74) is 2.32. The lowest BCUT2D eigenvalue weighted by atomic mass is 9.95. The summed E-state index contributed by atoms with van der Waals surface area (Å²) in [6.07, 6.45) is 0.857. The molecule has 1 fully saturated rings. The van der Waals surface area contributed by atoms with Gasteiger partial charge >= 0.3 is 11.9 Å². The maximum atomic E-state index is 13.3. The Morgan fingerprint density at radius 2 is 1.75 bits per heavy atom. The van der Waals surface area contributed by atoms with E-state index in [2.05, 4.69) is 4.98 Å². The van der Waals surface area contributed by atoms with Gasteiger partial charge in [0.2, 0.25) is 0 Å². The number of aromatic nitrogens is 1. The van der Waals surface area contributed by atoms with Gasteiger partial charge in [0.15, 0.2) is 5.13 Å². The number of nitrogens with zero attached hydrogens (tertiary/aromatic N) is 2. The summed E-state index contributed by atoms with van der Waals surface area (Å²) in [7, 11) is 1.26. The van der Waals surface area contributed by atoms with E-state index in [0.717, 1.165) is 23.3 Å². The molecule has 1 N–H and O–H groups in total. The van der Waals surface area contributed by atoms with Crippen molar-refractivity contribution >= 4 is 39.9 Å². The molecule has 9 heteroatoms. The molecule has 4 rings (SSSR count). The van der Waals surface area contributed by atoms with E-state index in [4.69, 9.17) is 9.47 Å². The molecule has 1 aromatic heterocycles. The van der Waals surface area contributed by atoms with Crippen molar-refractivity contribution in [2.24, 2.45) is 0 Å². The Morgan fingerprint density at radius 1 is 1.08 bits per heavy atom. The van der Waals surface area contributed by atoms with Crippen LogP contribution < -0.4 is 9.64 Å². The first-order valence-corrected chi connectivity index (χ1v) is 12.2.